The Morgan fingerprint density at radius 1 is 0.689 bits per heavy atom. The number of carboxylic acid groups (broad SMARTS) is 1. The summed E-state index contributed by atoms with van der Waals surface area (Å²) in [5, 5.41) is 28.2. The number of benzene rings is 4. The van der Waals surface area contributed by atoms with Gasteiger partial charge in [0.05, 0.1) is 17.0 Å². The van der Waals surface area contributed by atoms with Crippen LogP contribution in [0.5, 0.6) is 0 Å². The lowest BCUT2D eigenvalue weighted by molar-refractivity contribution is -0.147. The topological polar surface area (TPSA) is 159 Å². The summed E-state index contributed by atoms with van der Waals surface area (Å²) in [7, 11) is 0. The monoisotopic (exact) mass is 866 g/mol. The van der Waals surface area contributed by atoms with E-state index < -0.39 is 29.4 Å². The van der Waals surface area contributed by atoms with Gasteiger partial charge >= 0.3 is 5.97 Å². The highest BCUT2D eigenvalue weighted by Gasteiger charge is 2.32. The fourth-order valence-electron chi connectivity index (χ4n) is 6.44. The lowest BCUT2D eigenvalue weighted by Gasteiger charge is -2.36. The van der Waals surface area contributed by atoms with E-state index in [0.29, 0.717) is 53.0 Å². The van der Waals surface area contributed by atoms with Crippen LogP contribution >= 0.6 is 22.7 Å². The van der Waals surface area contributed by atoms with Crippen molar-refractivity contribution in [3.05, 3.63) is 131 Å². The molecule has 1 saturated heterocycles. The summed E-state index contributed by atoms with van der Waals surface area (Å²) in [6.07, 6.45) is 4.21. The highest BCUT2D eigenvalue weighted by molar-refractivity contribution is 7.19. The summed E-state index contributed by atoms with van der Waals surface area (Å²) in [4.78, 5) is 42.1. The molecular weight excluding hydrogens is 819 g/mol. The first-order chi connectivity index (χ1) is 29.6. The third kappa shape index (κ3) is 11.5. The van der Waals surface area contributed by atoms with Crippen LogP contribution in [0.4, 0.5) is 19.0 Å². The summed E-state index contributed by atoms with van der Waals surface area (Å²) < 4.78 is 28.3. The van der Waals surface area contributed by atoms with Gasteiger partial charge in [0.1, 0.15) is 21.6 Å². The fraction of sp³-hybridized carbons (Fsp3) is 0.311. The summed E-state index contributed by atoms with van der Waals surface area (Å²) >= 11 is 2.63. The molecule has 1 fully saturated rings. The Hall–Kier alpha value is -5.81. The van der Waals surface area contributed by atoms with Gasteiger partial charge in [0.2, 0.25) is 10.3 Å². The Bertz CT molecular complexity index is 2390. The van der Waals surface area contributed by atoms with E-state index in [0.717, 1.165) is 60.9 Å². The van der Waals surface area contributed by atoms with Crippen molar-refractivity contribution in [2.45, 2.75) is 52.5 Å². The van der Waals surface area contributed by atoms with Crippen LogP contribution in [0.2, 0.25) is 0 Å². The molecule has 0 atom stereocenters. The number of likely N-dealkylation sites (tertiary alicyclic amines) is 1. The smallest absolute Gasteiger partial charge is 0.309 e. The van der Waals surface area contributed by atoms with Crippen molar-refractivity contribution >= 4 is 50.7 Å². The minimum absolute atomic E-state index is 0.0246. The Kier molecular flexibility index (Phi) is 15.9. The largest absolute Gasteiger partial charge is 0.481 e. The van der Waals surface area contributed by atoms with Crippen molar-refractivity contribution < 1.29 is 28.3 Å². The van der Waals surface area contributed by atoms with Crippen molar-refractivity contribution in [1.82, 2.24) is 25.3 Å². The minimum atomic E-state index is -0.721. The van der Waals surface area contributed by atoms with Gasteiger partial charge in [-0.3, -0.25) is 24.2 Å². The number of unbranched alkanes of at least 4 members (excludes halogenated alkanes) is 2. The maximum Gasteiger partial charge on any atom is 0.309 e. The molecule has 61 heavy (non-hydrogen) atoms. The SMILES string of the molecule is CCCCN(C(=O)c1ccccc1F)c1nnc(-c2ccc(CCN3CC(C(=O)O)C3)cc2)s1.CCCCN(C(=O)c1ccccc1F)c1nnc(-c2ccc(CN)cc2)s1. The molecule has 0 radical (unpaired) electrons. The third-order valence-electron chi connectivity index (χ3n) is 10.1. The van der Waals surface area contributed by atoms with Gasteiger partial charge < -0.3 is 15.7 Å². The number of carbonyl (C=O) groups excluding carboxylic acids is 2. The molecule has 12 nitrogen and oxygen atoms in total. The highest BCUT2D eigenvalue weighted by atomic mass is 32.1. The number of rotatable bonds is 17. The van der Waals surface area contributed by atoms with Crippen molar-refractivity contribution in [1.29, 1.82) is 0 Å². The normalized spacial score (nSPS) is 12.6. The number of hydrogen-bond donors (Lipinski definition) is 2. The van der Waals surface area contributed by atoms with Crippen LogP contribution in [0.15, 0.2) is 97.1 Å². The molecule has 1 aliphatic rings. The first-order valence-electron chi connectivity index (χ1n) is 20.2. The average molecular weight is 867 g/mol. The van der Waals surface area contributed by atoms with E-state index in [-0.39, 0.29) is 17.0 Å². The average Bonchev–Trinajstić information content (AvgIpc) is 3.95. The summed E-state index contributed by atoms with van der Waals surface area (Å²) in [5.41, 5.74) is 9.69. The molecule has 318 valence electrons. The number of hydrogen-bond acceptors (Lipinski definition) is 11. The van der Waals surface area contributed by atoms with Gasteiger partial charge in [0.25, 0.3) is 11.8 Å². The molecule has 4 aromatic carbocycles. The zero-order chi connectivity index (χ0) is 43.3. The quantitative estimate of drug-likeness (QED) is 0.0910. The number of halogens is 2. The molecule has 6 aromatic rings. The van der Waals surface area contributed by atoms with Gasteiger partial charge in [-0.25, -0.2) is 8.78 Å². The van der Waals surface area contributed by atoms with E-state index in [2.05, 4.69) is 25.3 Å². The van der Waals surface area contributed by atoms with Gasteiger partial charge in [-0.05, 0) is 54.7 Å². The molecule has 0 aliphatic carbocycles. The molecule has 3 heterocycles. The van der Waals surface area contributed by atoms with E-state index in [1.54, 1.807) is 24.3 Å². The van der Waals surface area contributed by atoms with Crippen LogP contribution in [0.1, 0.15) is 71.4 Å². The van der Waals surface area contributed by atoms with E-state index >= 15 is 0 Å². The van der Waals surface area contributed by atoms with Crippen LogP contribution in [-0.2, 0) is 17.8 Å². The maximum atomic E-state index is 14.2. The lowest BCUT2D eigenvalue weighted by atomic mass is 9.99. The highest BCUT2D eigenvalue weighted by Crippen LogP contribution is 2.32. The molecule has 0 saturated carbocycles. The van der Waals surface area contributed by atoms with E-state index in [1.807, 2.05) is 62.4 Å². The van der Waals surface area contributed by atoms with E-state index in [4.69, 9.17) is 10.8 Å². The Morgan fingerprint density at radius 3 is 1.54 bits per heavy atom. The molecule has 2 aromatic heterocycles. The molecule has 2 amide bonds. The summed E-state index contributed by atoms with van der Waals surface area (Å²) in [6, 6.07) is 27.7. The first kappa shape index (κ1) is 44.7. The van der Waals surface area contributed by atoms with E-state index in [9.17, 15) is 23.2 Å². The third-order valence-corrected chi connectivity index (χ3v) is 12.1. The number of anilines is 2. The first-order valence-corrected chi connectivity index (χ1v) is 21.9. The molecule has 7 rings (SSSR count). The van der Waals surface area contributed by atoms with Crippen molar-refractivity contribution in [2.24, 2.45) is 11.7 Å². The van der Waals surface area contributed by atoms with Gasteiger partial charge in [0.15, 0.2) is 0 Å². The zero-order valence-corrected chi connectivity index (χ0v) is 35.7. The summed E-state index contributed by atoms with van der Waals surface area (Å²) in [6.45, 7) is 7.50. The second-order valence-electron chi connectivity index (χ2n) is 14.5. The number of aliphatic carboxylic acids is 1. The zero-order valence-electron chi connectivity index (χ0n) is 34.0. The fourth-order valence-corrected chi connectivity index (χ4v) is 8.19. The maximum absolute atomic E-state index is 14.2. The predicted octanol–water partition coefficient (Wildman–Crippen LogP) is 8.60. The van der Waals surface area contributed by atoms with Gasteiger partial charge in [-0.1, -0.05) is 122 Å². The van der Waals surface area contributed by atoms with Crippen molar-refractivity contribution in [3.63, 3.8) is 0 Å². The van der Waals surface area contributed by atoms with Crippen LogP contribution in [-0.4, -0.2) is 80.9 Å². The van der Waals surface area contributed by atoms with Crippen molar-refractivity contribution in [2.75, 3.05) is 42.5 Å². The van der Waals surface area contributed by atoms with Crippen LogP contribution < -0.4 is 15.5 Å². The lowest BCUT2D eigenvalue weighted by Crippen LogP contribution is -2.50. The standard InChI is InChI=1S/C25H27FN4O3S.C20H21FN4OS/c1-2-3-13-30(23(31)20-6-4-5-7-21(20)26)25-28-27-22(34-25)18-10-8-17(9-11-18)12-14-29-15-19(16-29)24(32)33;1-2-3-12-25(19(26)16-6-4-5-7-17(16)21)20-24-23-18(27-20)15-10-8-14(13-22)9-11-15/h4-11,19H,2-3,12-16H2,1H3,(H,32,33);4-11H,2-3,12-13,22H2,1H3. The van der Waals surface area contributed by atoms with Crippen molar-refractivity contribution in [3.8, 4) is 21.1 Å². The number of nitrogens with two attached hydrogens (primary N) is 1. The molecular formula is C45H48F2N8O4S2. The Labute approximate surface area is 361 Å². The summed E-state index contributed by atoms with van der Waals surface area (Å²) in [5.74, 6) is -2.86. The second kappa shape index (κ2) is 21.6. The molecule has 0 spiro atoms. The number of carboxylic acids is 1. The molecule has 16 heteroatoms. The van der Waals surface area contributed by atoms with Crippen LogP contribution in [0, 0.1) is 17.6 Å². The van der Waals surface area contributed by atoms with Crippen LogP contribution in [0.3, 0.4) is 0 Å². The van der Waals surface area contributed by atoms with Gasteiger partial charge in [-0.15, -0.1) is 20.4 Å². The minimum Gasteiger partial charge on any atom is -0.481 e. The molecule has 1 aliphatic heterocycles. The molecule has 3 N–H and O–H groups in total. The number of aromatic nitrogens is 4. The van der Waals surface area contributed by atoms with Crippen LogP contribution in [0.25, 0.3) is 21.1 Å². The number of amides is 2. The number of carbonyl (C=O) groups is 3. The predicted molar refractivity (Wildman–Crippen MR) is 236 cm³/mol. The number of nitrogens with zero attached hydrogens (tertiary/aromatic N) is 7. The second-order valence-corrected chi connectivity index (χ2v) is 16.4. The molecule has 0 bridgehead atoms. The molecule has 0 unspecified atom stereocenters. The Morgan fingerprint density at radius 2 is 1.13 bits per heavy atom. The van der Waals surface area contributed by atoms with E-state index in [1.165, 1.54) is 56.7 Å². The van der Waals surface area contributed by atoms with Gasteiger partial charge in [-0.2, -0.15) is 0 Å². The Balaban J connectivity index is 0.000000210. The van der Waals surface area contributed by atoms with Gasteiger partial charge in [0, 0.05) is 50.4 Å².